The minimum absolute atomic E-state index is 0. The van der Waals surface area contributed by atoms with E-state index >= 15 is 0 Å². The SMILES string of the molecule is CCOc1ccc(CN(C)C(=NC)NCC2(c3ccc(F)cc3)CCOCC2)cc1.I. The average Bonchev–Trinajstić information content (AvgIpc) is 2.77. The Labute approximate surface area is 202 Å². The number of nitrogens with one attached hydrogen (secondary N) is 1. The van der Waals surface area contributed by atoms with Crippen molar-refractivity contribution in [1.82, 2.24) is 10.2 Å². The van der Waals surface area contributed by atoms with E-state index < -0.39 is 0 Å². The molecule has 31 heavy (non-hydrogen) atoms. The zero-order valence-electron chi connectivity index (χ0n) is 18.6. The summed E-state index contributed by atoms with van der Waals surface area (Å²) in [5, 5.41) is 3.55. The molecule has 0 unspecified atom stereocenters. The molecule has 5 nitrogen and oxygen atoms in total. The smallest absolute Gasteiger partial charge is 0.193 e. The van der Waals surface area contributed by atoms with Crippen molar-refractivity contribution in [2.24, 2.45) is 4.99 Å². The summed E-state index contributed by atoms with van der Waals surface area (Å²) in [7, 11) is 3.83. The summed E-state index contributed by atoms with van der Waals surface area (Å²) in [5.74, 6) is 1.50. The lowest BCUT2D eigenvalue weighted by atomic mass is 9.74. The second kappa shape index (κ2) is 12.2. The third kappa shape index (κ3) is 6.80. The summed E-state index contributed by atoms with van der Waals surface area (Å²) in [4.78, 5) is 6.57. The van der Waals surface area contributed by atoms with Crippen molar-refractivity contribution in [2.75, 3.05) is 40.5 Å². The van der Waals surface area contributed by atoms with Gasteiger partial charge in [0.1, 0.15) is 11.6 Å². The first-order chi connectivity index (χ1) is 14.6. The van der Waals surface area contributed by atoms with Gasteiger partial charge in [-0.2, -0.15) is 0 Å². The molecule has 1 fully saturated rings. The van der Waals surface area contributed by atoms with Crippen molar-refractivity contribution in [3.63, 3.8) is 0 Å². The first-order valence-electron chi connectivity index (χ1n) is 10.5. The van der Waals surface area contributed by atoms with Gasteiger partial charge >= 0.3 is 0 Å². The zero-order valence-corrected chi connectivity index (χ0v) is 20.9. The normalized spacial score (nSPS) is 15.7. The monoisotopic (exact) mass is 541 g/mol. The second-order valence-electron chi connectivity index (χ2n) is 7.73. The van der Waals surface area contributed by atoms with Gasteiger partial charge < -0.3 is 19.7 Å². The lowest BCUT2D eigenvalue weighted by molar-refractivity contribution is 0.0512. The van der Waals surface area contributed by atoms with Gasteiger partial charge in [0.15, 0.2) is 5.96 Å². The van der Waals surface area contributed by atoms with Crippen LogP contribution in [0.2, 0.25) is 0 Å². The summed E-state index contributed by atoms with van der Waals surface area (Å²) in [5.41, 5.74) is 2.23. The zero-order chi connectivity index (χ0) is 21.4. The molecule has 3 rings (SSSR count). The van der Waals surface area contributed by atoms with Gasteiger partial charge in [0.05, 0.1) is 6.61 Å². The van der Waals surface area contributed by atoms with Crippen LogP contribution in [0.1, 0.15) is 30.9 Å². The molecule has 1 heterocycles. The molecule has 0 aliphatic carbocycles. The molecule has 7 heteroatoms. The van der Waals surface area contributed by atoms with Crippen molar-refractivity contribution in [1.29, 1.82) is 0 Å². The van der Waals surface area contributed by atoms with Crippen LogP contribution in [-0.4, -0.2) is 51.3 Å². The first kappa shape index (κ1) is 25.4. The topological polar surface area (TPSA) is 46.1 Å². The van der Waals surface area contributed by atoms with Crippen LogP contribution in [0.4, 0.5) is 4.39 Å². The Balaban J connectivity index is 0.00000341. The summed E-state index contributed by atoms with van der Waals surface area (Å²) in [6.45, 7) is 5.52. The van der Waals surface area contributed by atoms with Gasteiger partial charge in [-0.15, -0.1) is 24.0 Å². The van der Waals surface area contributed by atoms with Crippen molar-refractivity contribution in [3.05, 3.63) is 65.5 Å². The molecule has 0 radical (unpaired) electrons. The number of ether oxygens (including phenoxy) is 2. The largest absolute Gasteiger partial charge is 0.494 e. The van der Waals surface area contributed by atoms with Gasteiger partial charge in [-0.25, -0.2) is 4.39 Å². The highest BCUT2D eigenvalue weighted by Crippen LogP contribution is 2.34. The Kier molecular flexibility index (Phi) is 10.0. The van der Waals surface area contributed by atoms with Crippen molar-refractivity contribution >= 4 is 29.9 Å². The highest BCUT2D eigenvalue weighted by molar-refractivity contribution is 14.0. The van der Waals surface area contributed by atoms with Crippen molar-refractivity contribution in [2.45, 2.75) is 31.7 Å². The van der Waals surface area contributed by atoms with E-state index in [1.54, 1.807) is 19.2 Å². The molecule has 1 aliphatic heterocycles. The van der Waals surface area contributed by atoms with E-state index in [0.717, 1.165) is 43.2 Å². The quantitative estimate of drug-likeness (QED) is 0.317. The van der Waals surface area contributed by atoms with E-state index in [0.29, 0.717) is 19.8 Å². The molecule has 2 aromatic rings. The predicted molar refractivity (Wildman–Crippen MR) is 134 cm³/mol. The fraction of sp³-hybridized carbons (Fsp3) is 0.458. The standard InChI is InChI=1S/C24H32FN3O2.HI/c1-4-30-22-11-5-19(6-12-22)17-28(3)23(26-2)27-18-24(13-15-29-16-14-24)20-7-9-21(25)10-8-20;/h5-12H,4,13-18H2,1-3H3,(H,26,27);1H. The lowest BCUT2D eigenvalue weighted by Gasteiger charge is -2.39. The molecule has 1 saturated heterocycles. The molecule has 0 aromatic heterocycles. The molecule has 2 aromatic carbocycles. The van der Waals surface area contributed by atoms with Crippen LogP contribution in [-0.2, 0) is 16.7 Å². The number of guanidine groups is 1. The maximum absolute atomic E-state index is 13.5. The number of aliphatic imine (C=N–C) groups is 1. The predicted octanol–water partition coefficient (Wildman–Crippen LogP) is 4.60. The summed E-state index contributed by atoms with van der Waals surface area (Å²) in [6, 6.07) is 15.0. The van der Waals surface area contributed by atoms with Crippen LogP contribution >= 0.6 is 24.0 Å². The second-order valence-corrected chi connectivity index (χ2v) is 7.73. The third-order valence-electron chi connectivity index (χ3n) is 5.72. The Morgan fingerprint density at radius 3 is 2.35 bits per heavy atom. The number of hydrogen-bond acceptors (Lipinski definition) is 3. The van der Waals surface area contributed by atoms with Gasteiger partial charge in [0, 0.05) is 45.8 Å². The van der Waals surface area contributed by atoms with E-state index in [1.165, 1.54) is 5.56 Å². The minimum Gasteiger partial charge on any atom is -0.494 e. The van der Waals surface area contributed by atoms with E-state index in [-0.39, 0.29) is 35.2 Å². The Morgan fingerprint density at radius 2 is 1.77 bits per heavy atom. The number of hydrogen-bond donors (Lipinski definition) is 1. The fourth-order valence-corrected chi connectivity index (χ4v) is 3.97. The number of rotatable bonds is 7. The van der Waals surface area contributed by atoms with E-state index in [9.17, 15) is 4.39 Å². The van der Waals surface area contributed by atoms with Gasteiger partial charge in [0.25, 0.3) is 0 Å². The van der Waals surface area contributed by atoms with Crippen LogP contribution in [0, 0.1) is 5.82 Å². The lowest BCUT2D eigenvalue weighted by Crippen LogP contribution is -2.48. The van der Waals surface area contributed by atoms with Crippen LogP contribution in [0.3, 0.4) is 0 Å². The highest BCUT2D eigenvalue weighted by Gasteiger charge is 2.34. The average molecular weight is 541 g/mol. The highest BCUT2D eigenvalue weighted by atomic mass is 127. The minimum atomic E-state index is -0.209. The third-order valence-corrected chi connectivity index (χ3v) is 5.72. The maximum atomic E-state index is 13.5. The Hall–Kier alpha value is -1.87. The molecule has 1 aliphatic rings. The molecule has 0 saturated carbocycles. The maximum Gasteiger partial charge on any atom is 0.193 e. The molecular formula is C24H33FIN3O2. The molecule has 0 atom stereocenters. The van der Waals surface area contributed by atoms with Gasteiger partial charge in [-0.05, 0) is 55.2 Å². The van der Waals surface area contributed by atoms with Crippen LogP contribution < -0.4 is 10.1 Å². The van der Waals surface area contributed by atoms with Crippen molar-refractivity contribution < 1.29 is 13.9 Å². The molecule has 0 amide bonds. The van der Waals surface area contributed by atoms with E-state index in [1.807, 2.05) is 38.2 Å². The fourth-order valence-electron chi connectivity index (χ4n) is 3.97. The van der Waals surface area contributed by atoms with Gasteiger partial charge in [-0.1, -0.05) is 24.3 Å². The van der Waals surface area contributed by atoms with Crippen LogP contribution in [0.5, 0.6) is 5.75 Å². The molecule has 1 N–H and O–H groups in total. The molecular weight excluding hydrogens is 508 g/mol. The Morgan fingerprint density at radius 1 is 1.13 bits per heavy atom. The summed E-state index contributed by atoms with van der Waals surface area (Å²) in [6.07, 6.45) is 1.79. The number of nitrogens with zero attached hydrogens (tertiary/aromatic N) is 2. The van der Waals surface area contributed by atoms with E-state index in [4.69, 9.17) is 9.47 Å². The number of benzene rings is 2. The van der Waals surface area contributed by atoms with Crippen LogP contribution in [0.25, 0.3) is 0 Å². The van der Waals surface area contributed by atoms with Gasteiger partial charge in [0.2, 0.25) is 0 Å². The molecule has 170 valence electrons. The molecule has 0 bridgehead atoms. The van der Waals surface area contributed by atoms with Crippen LogP contribution in [0.15, 0.2) is 53.5 Å². The summed E-state index contributed by atoms with van der Waals surface area (Å²) >= 11 is 0. The summed E-state index contributed by atoms with van der Waals surface area (Å²) < 4.78 is 24.6. The van der Waals surface area contributed by atoms with Crippen molar-refractivity contribution in [3.8, 4) is 5.75 Å². The Bertz CT molecular complexity index is 822. The van der Waals surface area contributed by atoms with Gasteiger partial charge in [-0.3, -0.25) is 4.99 Å². The molecule has 0 spiro atoms. The van der Waals surface area contributed by atoms with E-state index in [2.05, 4.69) is 27.3 Å². The number of halogens is 2. The first-order valence-corrected chi connectivity index (χ1v) is 10.5.